The van der Waals surface area contributed by atoms with Gasteiger partial charge in [0.25, 0.3) is 0 Å². The van der Waals surface area contributed by atoms with Crippen LogP contribution >= 0.6 is 11.6 Å². The van der Waals surface area contributed by atoms with Crippen LogP contribution in [0.25, 0.3) is 0 Å². The number of rotatable bonds is 5. The molecule has 0 radical (unpaired) electrons. The number of nitrogens with two attached hydrogens (primary N) is 1. The molecule has 1 aromatic heterocycles. The molecule has 1 heterocycles. The molecule has 0 amide bonds. The molecule has 1 aromatic carbocycles. The van der Waals surface area contributed by atoms with Crippen LogP contribution in [-0.4, -0.2) is 15.8 Å². The van der Waals surface area contributed by atoms with Gasteiger partial charge in [0.1, 0.15) is 0 Å². The van der Waals surface area contributed by atoms with E-state index in [1.807, 2.05) is 43.6 Å². The lowest BCUT2D eigenvalue weighted by Gasteiger charge is -2.15. The van der Waals surface area contributed by atoms with Crippen molar-refractivity contribution in [2.75, 3.05) is 0 Å². The average molecular weight is 265 g/mol. The van der Waals surface area contributed by atoms with Gasteiger partial charge in [0.15, 0.2) is 0 Å². The van der Waals surface area contributed by atoms with Gasteiger partial charge in [0.2, 0.25) is 0 Å². The maximum Gasteiger partial charge on any atom is 0.0640 e. The van der Waals surface area contributed by atoms with E-state index in [4.69, 9.17) is 17.4 Å². The van der Waals surface area contributed by atoms with Crippen molar-refractivity contribution >= 4 is 11.6 Å². The van der Waals surface area contributed by atoms with E-state index >= 15 is 0 Å². The Morgan fingerprint density at radius 3 is 2.72 bits per heavy atom. The Labute approximate surface area is 112 Å². The molecule has 1 unspecified atom stereocenters. The Bertz CT molecular complexity index is 509. The second kappa shape index (κ2) is 6.00. The maximum atomic E-state index is 6.14. The fraction of sp³-hybridized carbons (Fsp3) is 0.308. The predicted octanol–water partition coefficient (Wildman–Crippen LogP) is 1.69. The highest BCUT2D eigenvalue weighted by molar-refractivity contribution is 6.31. The number of hydrogen-bond acceptors (Lipinski definition) is 3. The van der Waals surface area contributed by atoms with Crippen LogP contribution in [-0.2, 0) is 19.9 Å². The molecule has 96 valence electrons. The topological polar surface area (TPSA) is 55.9 Å². The molecule has 5 heteroatoms. The summed E-state index contributed by atoms with van der Waals surface area (Å²) in [7, 11) is 1.91. The lowest BCUT2D eigenvalue weighted by Crippen LogP contribution is -2.38. The summed E-state index contributed by atoms with van der Waals surface area (Å²) >= 11 is 6.14. The molecule has 3 N–H and O–H groups in total. The average Bonchev–Trinajstić information content (AvgIpc) is 2.76. The molecule has 0 aliphatic carbocycles. The molecular weight excluding hydrogens is 248 g/mol. The summed E-state index contributed by atoms with van der Waals surface area (Å²) in [6, 6.07) is 9.94. The molecule has 0 bridgehead atoms. The first-order chi connectivity index (χ1) is 8.69. The third-order valence-electron chi connectivity index (χ3n) is 2.88. The molecule has 18 heavy (non-hydrogen) atoms. The van der Waals surface area contributed by atoms with E-state index in [2.05, 4.69) is 10.5 Å². The number of hydrazine groups is 1. The fourth-order valence-corrected chi connectivity index (χ4v) is 2.16. The van der Waals surface area contributed by atoms with Crippen molar-refractivity contribution in [3.63, 3.8) is 0 Å². The van der Waals surface area contributed by atoms with E-state index in [9.17, 15) is 0 Å². The van der Waals surface area contributed by atoms with E-state index in [1.54, 1.807) is 4.68 Å². The van der Waals surface area contributed by atoms with Crippen LogP contribution in [0.5, 0.6) is 0 Å². The van der Waals surface area contributed by atoms with Crippen molar-refractivity contribution in [2.45, 2.75) is 18.9 Å². The molecule has 1 atom stereocenters. The summed E-state index contributed by atoms with van der Waals surface area (Å²) in [5.74, 6) is 5.60. The monoisotopic (exact) mass is 264 g/mol. The number of nitrogens with one attached hydrogen (secondary N) is 1. The molecular formula is C13H17ClN4. The number of halogens is 1. The van der Waals surface area contributed by atoms with Crippen molar-refractivity contribution in [2.24, 2.45) is 12.9 Å². The summed E-state index contributed by atoms with van der Waals surface area (Å²) in [5.41, 5.74) is 4.94. The summed E-state index contributed by atoms with van der Waals surface area (Å²) in [6.07, 6.45) is 3.49. The summed E-state index contributed by atoms with van der Waals surface area (Å²) in [6.45, 7) is 0. The van der Waals surface area contributed by atoms with E-state index in [1.165, 1.54) is 0 Å². The Hall–Kier alpha value is -1.36. The highest BCUT2D eigenvalue weighted by Crippen LogP contribution is 2.17. The van der Waals surface area contributed by atoms with Crippen molar-refractivity contribution in [1.29, 1.82) is 0 Å². The van der Waals surface area contributed by atoms with Crippen LogP contribution in [0.15, 0.2) is 36.5 Å². The van der Waals surface area contributed by atoms with E-state index in [0.717, 1.165) is 29.1 Å². The summed E-state index contributed by atoms with van der Waals surface area (Å²) in [5, 5.41) is 5.13. The van der Waals surface area contributed by atoms with Gasteiger partial charge < -0.3 is 0 Å². The summed E-state index contributed by atoms with van der Waals surface area (Å²) < 4.78 is 1.79. The van der Waals surface area contributed by atoms with E-state index in [-0.39, 0.29) is 6.04 Å². The number of aromatic nitrogens is 2. The van der Waals surface area contributed by atoms with Gasteiger partial charge in [-0.2, -0.15) is 5.10 Å². The maximum absolute atomic E-state index is 6.14. The van der Waals surface area contributed by atoms with Crippen molar-refractivity contribution in [3.05, 3.63) is 52.8 Å². The van der Waals surface area contributed by atoms with Gasteiger partial charge in [0.05, 0.1) is 5.69 Å². The van der Waals surface area contributed by atoms with Crippen LogP contribution in [0.4, 0.5) is 0 Å². The van der Waals surface area contributed by atoms with Crippen LogP contribution in [0.2, 0.25) is 5.02 Å². The molecule has 4 nitrogen and oxygen atoms in total. The second-order valence-corrected chi connectivity index (χ2v) is 4.75. The van der Waals surface area contributed by atoms with Gasteiger partial charge in [-0.15, -0.1) is 0 Å². The lowest BCUT2D eigenvalue weighted by molar-refractivity contribution is 0.514. The predicted molar refractivity (Wildman–Crippen MR) is 73.2 cm³/mol. The van der Waals surface area contributed by atoms with Gasteiger partial charge in [-0.3, -0.25) is 16.0 Å². The Morgan fingerprint density at radius 2 is 2.11 bits per heavy atom. The number of hydrogen-bond donors (Lipinski definition) is 2. The molecule has 0 aliphatic heterocycles. The van der Waals surface area contributed by atoms with Crippen molar-refractivity contribution in [3.8, 4) is 0 Å². The van der Waals surface area contributed by atoms with E-state index in [0.29, 0.717) is 0 Å². The third-order valence-corrected chi connectivity index (χ3v) is 3.25. The summed E-state index contributed by atoms with van der Waals surface area (Å²) in [4.78, 5) is 0. The zero-order chi connectivity index (χ0) is 13.0. The Balaban J connectivity index is 2.04. The molecule has 0 spiro atoms. The quantitative estimate of drug-likeness (QED) is 0.638. The zero-order valence-electron chi connectivity index (χ0n) is 10.3. The molecule has 2 aromatic rings. The highest BCUT2D eigenvalue weighted by Gasteiger charge is 2.12. The molecule has 0 fully saturated rings. The zero-order valence-corrected chi connectivity index (χ0v) is 11.1. The minimum atomic E-state index is 0.125. The smallest absolute Gasteiger partial charge is 0.0640 e. The normalized spacial score (nSPS) is 12.6. The number of aryl methyl sites for hydroxylation is 1. The highest BCUT2D eigenvalue weighted by atomic mass is 35.5. The minimum absolute atomic E-state index is 0.125. The SMILES string of the molecule is Cn1ccc(CC(Cc2ccccc2Cl)NN)n1. The first-order valence-electron chi connectivity index (χ1n) is 5.87. The first kappa shape index (κ1) is 13.1. The molecule has 2 rings (SSSR count). The van der Waals surface area contributed by atoms with Gasteiger partial charge >= 0.3 is 0 Å². The van der Waals surface area contributed by atoms with Gasteiger partial charge in [-0.1, -0.05) is 29.8 Å². The van der Waals surface area contributed by atoms with Gasteiger partial charge in [-0.05, 0) is 24.1 Å². The first-order valence-corrected chi connectivity index (χ1v) is 6.25. The van der Waals surface area contributed by atoms with E-state index < -0.39 is 0 Å². The fourth-order valence-electron chi connectivity index (χ4n) is 1.94. The van der Waals surface area contributed by atoms with Crippen LogP contribution in [0, 0.1) is 0 Å². The van der Waals surface area contributed by atoms with Crippen LogP contribution in [0.3, 0.4) is 0 Å². The number of nitrogens with zero attached hydrogens (tertiary/aromatic N) is 2. The number of benzene rings is 1. The molecule has 0 saturated heterocycles. The van der Waals surface area contributed by atoms with Crippen molar-refractivity contribution in [1.82, 2.24) is 15.2 Å². The Morgan fingerprint density at radius 1 is 1.33 bits per heavy atom. The van der Waals surface area contributed by atoms with Crippen LogP contribution in [0.1, 0.15) is 11.3 Å². The van der Waals surface area contributed by atoms with Crippen molar-refractivity contribution < 1.29 is 0 Å². The third kappa shape index (κ3) is 3.32. The lowest BCUT2D eigenvalue weighted by atomic mass is 10.0. The Kier molecular flexibility index (Phi) is 4.36. The second-order valence-electron chi connectivity index (χ2n) is 4.34. The molecule has 0 aliphatic rings. The van der Waals surface area contributed by atoms with Crippen LogP contribution < -0.4 is 11.3 Å². The minimum Gasteiger partial charge on any atom is -0.276 e. The van der Waals surface area contributed by atoms with Gasteiger partial charge in [-0.25, -0.2) is 0 Å². The molecule has 0 saturated carbocycles. The largest absolute Gasteiger partial charge is 0.276 e. The standard InChI is InChI=1S/C13H17ClN4/c1-18-7-6-11(17-18)9-12(16-15)8-10-4-2-3-5-13(10)14/h2-7,12,16H,8-9,15H2,1H3. The van der Waals surface area contributed by atoms with Gasteiger partial charge in [0, 0.05) is 30.7 Å².